The molecule has 1 atom stereocenters. The molecule has 4 heteroatoms. The van der Waals surface area contributed by atoms with Crippen LogP contribution < -0.4 is 4.89 Å². The van der Waals surface area contributed by atoms with Crippen LogP contribution in [0.25, 0.3) is 0 Å². The number of aromatic hydroxyl groups is 1. The molecule has 2 N–H and O–H groups in total. The van der Waals surface area contributed by atoms with Gasteiger partial charge in [0.05, 0.1) is 0 Å². The first-order valence-electron chi connectivity index (χ1n) is 5.91. The van der Waals surface area contributed by atoms with Crippen molar-refractivity contribution in [1.29, 1.82) is 0 Å². The predicted octanol–water partition coefficient (Wildman–Crippen LogP) is 2.86. The normalized spacial score (nSPS) is 23.8. The van der Waals surface area contributed by atoms with Gasteiger partial charge in [-0.15, -0.1) is 0 Å². The molecular formula is C14H14O4. The van der Waals surface area contributed by atoms with E-state index in [0.29, 0.717) is 0 Å². The van der Waals surface area contributed by atoms with Gasteiger partial charge in [0.15, 0.2) is 11.9 Å². The van der Waals surface area contributed by atoms with Crippen LogP contribution in [0.3, 0.4) is 0 Å². The third kappa shape index (κ3) is 1.84. The fourth-order valence-corrected chi connectivity index (χ4v) is 2.15. The Kier molecular flexibility index (Phi) is 2.52. The number of benzene rings is 1. The summed E-state index contributed by atoms with van der Waals surface area (Å²) in [6, 6.07) is 6.56. The van der Waals surface area contributed by atoms with Crippen molar-refractivity contribution < 1.29 is 20.0 Å². The molecule has 0 aromatic heterocycles. The fourth-order valence-electron chi connectivity index (χ4n) is 2.15. The summed E-state index contributed by atoms with van der Waals surface area (Å²) in [4.78, 5) is 10.4. The molecule has 1 unspecified atom stereocenters. The second-order valence-corrected chi connectivity index (χ2v) is 4.71. The van der Waals surface area contributed by atoms with Gasteiger partial charge in [0, 0.05) is 5.41 Å². The number of phenols is 1. The van der Waals surface area contributed by atoms with Crippen LogP contribution in [0, 0.1) is 5.41 Å². The SMILES string of the molecule is OC1=CC=CC2(CC2)C1OOc1ccccc1O. The minimum Gasteiger partial charge on any atom is -0.509 e. The quantitative estimate of drug-likeness (QED) is 0.636. The van der Waals surface area contributed by atoms with Gasteiger partial charge in [0.2, 0.25) is 5.75 Å². The Bertz CT molecular complexity index is 514. The van der Waals surface area contributed by atoms with Crippen LogP contribution in [0.15, 0.2) is 48.3 Å². The van der Waals surface area contributed by atoms with Crippen LogP contribution in [0.5, 0.6) is 11.5 Å². The number of hydrogen-bond donors (Lipinski definition) is 2. The predicted molar refractivity (Wildman–Crippen MR) is 65.1 cm³/mol. The molecule has 1 saturated carbocycles. The van der Waals surface area contributed by atoms with Gasteiger partial charge >= 0.3 is 0 Å². The molecule has 3 rings (SSSR count). The molecule has 1 fully saturated rings. The van der Waals surface area contributed by atoms with Gasteiger partial charge in [-0.1, -0.05) is 24.3 Å². The number of rotatable bonds is 3. The smallest absolute Gasteiger partial charge is 0.206 e. The highest BCUT2D eigenvalue weighted by Gasteiger charge is 2.52. The van der Waals surface area contributed by atoms with Gasteiger partial charge in [-0.3, -0.25) is 0 Å². The zero-order valence-electron chi connectivity index (χ0n) is 9.74. The lowest BCUT2D eigenvalue weighted by atomic mass is 9.93. The van der Waals surface area contributed by atoms with E-state index in [1.54, 1.807) is 24.3 Å². The van der Waals surface area contributed by atoms with Crippen LogP contribution in [0.1, 0.15) is 12.8 Å². The maximum atomic E-state index is 9.83. The first kappa shape index (κ1) is 11.2. The minimum atomic E-state index is -0.498. The van der Waals surface area contributed by atoms with Crippen molar-refractivity contribution in [2.24, 2.45) is 5.41 Å². The van der Waals surface area contributed by atoms with Crippen LogP contribution in [0.2, 0.25) is 0 Å². The molecule has 0 saturated heterocycles. The van der Waals surface area contributed by atoms with Crippen LogP contribution in [-0.2, 0) is 4.89 Å². The molecule has 1 spiro atoms. The van der Waals surface area contributed by atoms with Crippen LogP contribution >= 0.6 is 0 Å². The van der Waals surface area contributed by atoms with Crippen molar-refractivity contribution in [2.75, 3.05) is 0 Å². The maximum absolute atomic E-state index is 9.83. The second kappa shape index (κ2) is 4.07. The number of phenolic OH excluding ortho intramolecular Hbond substituents is 1. The van der Waals surface area contributed by atoms with E-state index in [2.05, 4.69) is 0 Å². The Balaban J connectivity index is 1.72. The summed E-state index contributed by atoms with van der Waals surface area (Å²) in [6.07, 6.45) is 6.91. The molecule has 1 aromatic rings. The maximum Gasteiger partial charge on any atom is 0.206 e. The van der Waals surface area contributed by atoms with Gasteiger partial charge in [0.1, 0.15) is 5.76 Å². The zero-order chi connectivity index (χ0) is 12.6. The molecule has 0 radical (unpaired) electrons. The summed E-state index contributed by atoms with van der Waals surface area (Å²) in [5, 5.41) is 19.4. The number of allylic oxidation sites excluding steroid dienone is 2. The fraction of sp³-hybridized carbons (Fsp3) is 0.286. The molecular weight excluding hydrogens is 232 g/mol. The Hall–Kier alpha value is -1.94. The van der Waals surface area contributed by atoms with E-state index in [9.17, 15) is 10.2 Å². The monoisotopic (exact) mass is 246 g/mol. The molecule has 18 heavy (non-hydrogen) atoms. The van der Waals surface area contributed by atoms with E-state index in [0.717, 1.165) is 12.8 Å². The van der Waals surface area contributed by atoms with E-state index >= 15 is 0 Å². The van der Waals surface area contributed by atoms with Crippen molar-refractivity contribution in [3.8, 4) is 11.5 Å². The Morgan fingerprint density at radius 2 is 1.94 bits per heavy atom. The Labute approximate surface area is 105 Å². The van der Waals surface area contributed by atoms with E-state index in [1.807, 2.05) is 12.2 Å². The molecule has 0 amide bonds. The second-order valence-electron chi connectivity index (χ2n) is 4.71. The van der Waals surface area contributed by atoms with Crippen molar-refractivity contribution in [2.45, 2.75) is 18.9 Å². The van der Waals surface area contributed by atoms with Crippen molar-refractivity contribution in [1.82, 2.24) is 0 Å². The lowest BCUT2D eigenvalue weighted by Crippen LogP contribution is -2.29. The first-order valence-corrected chi connectivity index (χ1v) is 5.91. The first-order chi connectivity index (χ1) is 8.71. The minimum absolute atomic E-state index is 0.0113. The van der Waals surface area contributed by atoms with E-state index in [1.165, 1.54) is 6.07 Å². The van der Waals surface area contributed by atoms with Gasteiger partial charge in [-0.2, -0.15) is 4.89 Å². The molecule has 0 heterocycles. The summed E-state index contributed by atoms with van der Waals surface area (Å²) < 4.78 is 0. The highest BCUT2D eigenvalue weighted by molar-refractivity contribution is 5.37. The highest BCUT2D eigenvalue weighted by Crippen LogP contribution is 2.54. The Morgan fingerprint density at radius 3 is 2.67 bits per heavy atom. The van der Waals surface area contributed by atoms with E-state index < -0.39 is 6.10 Å². The molecule has 1 aromatic carbocycles. The number of para-hydroxylation sites is 2. The zero-order valence-corrected chi connectivity index (χ0v) is 9.74. The molecule has 0 bridgehead atoms. The molecule has 4 nitrogen and oxygen atoms in total. The Morgan fingerprint density at radius 1 is 1.17 bits per heavy atom. The number of aliphatic hydroxyl groups is 1. The van der Waals surface area contributed by atoms with Gasteiger partial charge in [0.25, 0.3) is 0 Å². The molecule has 0 aliphatic heterocycles. The molecule has 2 aliphatic carbocycles. The lowest BCUT2D eigenvalue weighted by molar-refractivity contribution is -0.254. The van der Waals surface area contributed by atoms with Crippen molar-refractivity contribution in [3.05, 3.63) is 48.3 Å². The van der Waals surface area contributed by atoms with E-state index in [4.69, 9.17) is 9.78 Å². The lowest BCUT2D eigenvalue weighted by Gasteiger charge is -2.24. The summed E-state index contributed by atoms with van der Waals surface area (Å²) in [7, 11) is 0. The number of aliphatic hydroxyl groups excluding tert-OH is 1. The van der Waals surface area contributed by atoms with Gasteiger partial charge in [-0.05, 0) is 31.1 Å². The average Bonchev–Trinajstić information content (AvgIpc) is 3.11. The molecule has 2 aliphatic rings. The van der Waals surface area contributed by atoms with Gasteiger partial charge in [-0.25, -0.2) is 0 Å². The van der Waals surface area contributed by atoms with Crippen LogP contribution in [0.4, 0.5) is 0 Å². The summed E-state index contributed by atoms with van der Waals surface area (Å²) in [5.74, 6) is 0.415. The van der Waals surface area contributed by atoms with Crippen molar-refractivity contribution in [3.63, 3.8) is 0 Å². The third-order valence-electron chi connectivity index (χ3n) is 3.41. The third-order valence-corrected chi connectivity index (χ3v) is 3.41. The molecule has 94 valence electrons. The average molecular weight is 246 g/mol. The summed E-state index contributed by atoms with van der Waals surface area (Å²) in [5.41, 5.74) is -0.136. The topological polar surface area (TPSA) is 58.9 Å². The summed E-state index contributed by atoms with van der Waals surface area (Å²) in [6.45, 7) is 0. The van der Waals surface area contributed by atoms with Gasteiger partial charge < -0.3 is 15.1 Å². The standard InChI is InChI=1S/C14H14O4/c15-10-4-1-2-6-12(10)17-18-13-11(16)5-3-7-14(13)8-9-14/h1-7,13,15-16H,8-9H2. The summed E-state index contributed by atoms with van der Waals surface area (Å²) >= 11 is 0. The number of hydrogen-bond acceptors (Lipinski definition) is 4. The largest absolute Gasteiger partial charge is 0.509 e. The van der Waals surface area contributed by atoms with Crippen molar-refractivity contribution >= 4 is 0 Å². The van der Waals surface area contributed by atoms with Crippen LogP contribution in [-0.4, -0.2) is 16.3 Å². The van der Waals surface area contributed by atoms with E-state index in [-0.39, 0.29) is 22.7 Å². The highest BCUT2D eigenvalue weighted by atomic mass is 17.2.